The number of benzene rings is 8. The van der Waals surface area contributed by atoms with Crippen molar-refractivity contribution in [2.45, 2.75) is 142 Å². The summed E-state index contributed by atoms with van der Waals surface area (Å²) in [6, 6.07) is 73.0. The Morgan fingerprint density at radius 3 is 0.640 bits per heavy atom. The van der Waals surface area contributed by atoms with Crippen molar-refractivity contribution in [2.75, 3.05) is 0 Å². The van der Waals surface area contributed by atoms with Crippen molar-refractivity contribution in [3.8, 4) is 0 Å². The minimum absolute atomic E-state index is 0.364. The number of aromatic nitrogens is 4. The molecule has 12 bridgehead atoms. The highest BCUT2D eigenvalue weighted by Crippen LogP contribution is 2.51. The van der Waals surface area contributed by atoms with Gasteiger partial charge in [-0.05, 0) is 48.4 Å². The molecular formula is C86H84N16O4Si5. The number of fused-ring (bicyclic) bond motifs is 28. The molecule has 4 aromatic heterocycles. The smallest absolute Gasteiger partial charge is 0.404 e. The Kier molecular flexibility index (Phi) is 16.8. The van der Waals surface area contributed by atoms with Gasteiger partial charge in [-0.25, -0.2) is 59.9 Å². The van der Waals surface area contributed by atoms with Gasteiger partial charge >= 0.3 is 26.3 Å². The van der Waals surface area contributed by atoms with Crippen LogP contribution in [0.2, 0.25) is 48.4 Å². The summed E-state index contributed by atoms with van der Waals surface area (Å²) >= 11 is 0. The third-order valence-electron chi connectivity index (χ3n) is 23.3. The molecule has 0 saturated heterocycles. The Morgan fingerprint density at radius 2 is 0.432 bits per heavy atom. The van der Waals surface area contributed by atoms with Gasteiger partial charge in [0.1, 0.15) is 45.2 Å². The van der Waals surface area contributed by atoms with Gasteiger partial charge in [0.05, 0.1) is 0 Å². The van der Waals surface area contributed by atoms with E-state index in [4.69, 9.17) is 59.9 Å². The first-order chi connectivity index (χ1) is 54.5. The molecule has 552 valence electrons. The van der Waals surface area contributed by atoms with E-state index in [0.29, 0.717) is 104 Å². The van der Waals surface area contributed by atoms with Crippen LogP contribution in [0.25, 0.3) is 43.1 Å². The average molecular weight is 1550 g/mol. The zero-order valence-corrected chi connectivity index (χ0v) is 68.7. The molecule has 0 N–H and O–H groups in total. The normalized spacial score (nSPS) is 21.2. The molecular weight excluding hydrogens is 1460 g/mol. The van der Waals surface area contributed by atoms with Crippen LogP contribution in [-0.4, -0.2) is 107 Å². The van der Waals surface area contributed by atoms with Crippen LogP contribution in [0.1, 0.15) is 138 Å². The number of rotatable bonds is 22. The van der Waals surface area contributed by atoms with Crippen LogP contribution in [0, 0.1) is 0 Å². The van der Waals surface area contributed by atoms with Crippen molar-refractivity contribution in [3.05, 3.63) is 261 Å². The molecule has 0 amide bonds. The Labute approximate surface area is 648 Å². The van der Waals surface area contributed by atoms with E-state index >= 15 is 0 Å². The fourth-order valence-electron chi connectivity index (χ4n) is 18.7. The second-order valence-corrected chi connectivity index (χ2v) is 48.4. The molecule has 20 nitrogen and oxygen atoms in total. The molecule has 8 aliphatic rings. The van der Waals surface area contributed by atoms with E-state index in [1.807, 2.05) is 0 Å². The zero-order chi connectivity index (χ0) is 75.1. The van der Waals surface area contributed by atoms with E-state index < -0.39 is 43.0 Å². The molecule has 111 heavy (non-hydrogen) atoms. The van der Waals surface area contributed by atoms with Gasteiger partial charge in [0.15, 0.2) is 63.3 Å². The lowest BCUT2D eigenvalue weighted by Gasteiger charge is -2.49. The van der Waals surface area contributed by atoms with Crippen LogP contribution < -0.4 is 22.0 Å². The number of amidine groups is 8. The standard InChI is InChI=1S/C86H84N16O4Si5/c1-9-49-107(50-10-2,51-11-3)103-110(99-79-63-41-25-26-42-64(63)81(99)93-73-57-35-19-20-36-58(57)74(88-73)94-82-66-44-28-27-43-65(66)80(100(82)110)92-72-56-34-18-17-33-55(56)71(87-72)91-79)105-109(15-7,16-8)106-111(104-108(52-12-4,53-13-5)54-14-6)101-83-67-45-29-30-46-68(67)85(101)97-77-61-39-23-24-40-62(61)78(90-77)98-86-70-48-32-31-47-69(70)84(102(86)111)96-76-60-38-22-21-37-59(60)75(89-76)95-83/h17-48H,9-16,49-54H2,1-8H3/b91-71-,91-79?,92-72?,92-80-,93-73-,93-81?,94-74?,94-82-,95-75-,95-83?,96-76?,96-84-,97-77-,97-85?,98-78?,98-86-. The van der Waals surface area contributed by atoms with Gasteiger partial charge < -0.3 is 16.5 Å². The molecule has 8 aliphatic heterocycles. The van der Waals surface area contributed by atoms with E-state index in [0.717, 1.165) is 162 Å². The third kappa shape index (κ3) is 10.5. The molecule has 2 unspecified atom stereocenters. The van der Waals surface area contributed by atoms with E-state index in [2.05, 4.69) is 266 Å². The average Bonchev–Trinajstić information content (AvgIpc) is 1.54. The quantitative estimate of drug-likeness (QED) is 0.0607. The fourth-order valence-corrected chi connectivity index (χ4v) is 47.7. The first-order valence-corrected chi connectivity index (χ1v) is 50.5. The van der Waals surface area contributed by atoms with Crippen molar-refractivity contribution < 1.29 is 16.5 Å². The number of nitrogens with zero attached hydrogens (tertiary/aromatic N) is 16. The summed E-state index contributed by atoms with van der Waals surface area (Å²) < 4.78 is 47.7. The van der Waals surface area contributed by atoms with Crippen molar-refractivity contribution in [2.24, 2.45) is 59.9 Å². The highest BCUT2D eigenvalue weighted by molar-refractivity contribution is 6.92. The lowest BCUT2D eigenvalue weighted by Crippen LogP contribution is -2.76. The monoisotopic (exact) mass is 1540 g/mol. The maximum absolute atomic E-state index is 9.74. The maximum Gasteiger partial charge on any atom is 0.583 e. The lowest BCUT2D eigenvalue weighted by molar-refractivity contribution is 0.242. The summed E-state index contributed by atoms with van der Waals surface area (Å²) in [6.07, 6.45) is 5.17. The molecule has 0 saturated carbocycles. The van der Waals surface area contributed by atoms with Crippen LogP contribution in [0.15, 0.2) is 254 Å². The molecule has 0 spiro atoms. The van der Waals surface area contributed by atoms with Gasteiger partial charge in [0.2, 0.25) is 0 Å². The summed E-state index contributed by atoms with van der Waals surface area (Å²) in [5.74, 6) is 6.38. The van der Waals surface area contributed by atoms with Crippen LogP contribution in [0.3, 0.4) is 0 Å². The van der Waals surface area contributed by atoms with Gasteiger partial charge in [-0.15, -0.1) is 0 Å². The molecule has 0 radical (unpaired) electrons. The predicted molar refractivity (Wildman–Crippen MR) is 455 cm³/mol. The number of hydrogen-bond acceptors (Lipinski definition) is 16. The summed E-state index contributed by atoms with van der Waals surface area (Å²) in [4.78, 5) is 70.7. The highest BCUT2D eigenvalue weighted by Gasteiger charge is 2.67. The fraction of sp³-hybridized carbons (Fsp3) is 0.256. The van der Waals surface area contributed by atoms with Crippen LogP contribution >= 0.6 is 0 Å². The van der Waals surface area contributed by atoms with Crippen molar-refractivity contribution in [3.63, 3.8) is 0 Å². The Morgan fingerprint density at radius 1 is 0.234 bits per heavy atom. The van der Waals surface area contributed by atoms with E-state index in [-0.39, 0.29) is 0 Å². The van der Waals surface area contributed by atoms with Crippen molar-refractivity contribution in [1.29, 1.82) is 0 Å². The van der Waals surface area contributed by atoms with Crippen molar-refractivity contribution in [1.82, 2.24) is 16.9 Å². The minimum atomic E-state index is -5.15. The lowest BCUT2D eigenvalue weighted by atomic mass is 10.1. The zero-order valence-electron chi connectivity index (χ0n) is 63.7. The van der Waals surface area contributed by atoms with Gasteiger partial charge in [-0.2, -0.15) is 0 Å². The van der Waals surface area contributed by atoms with Crippen LogP contribution in [0.5, 0.6) is 0 Å². The topological polar surface area (TPSA) is 205 Å². The molecule has 25 heteroatoms. The molecule has 12 heterocycles. The van der Waals surface area contributed by atoms with Gasteiger partial charge in [-0.1, -0.05) is 288 Å². The van der Waals surface area contributed by atoms with Gasteiger partial charge in [-0.3, -0.25) is 16.9 Å². The first-order valence-electron chi connectivity index (χ1n) is 39.8. The summed E-state index contributed by atoms with van der Waals surface area (Å²) in [6.45, 7) is 18.4. The second kappa shape index (κ2) is 26.8. The number of aliphatic imine (C=N–C) groups is 8. The molecule has 20 rings (SSSR count). The Hall–Kier alpha value is -10.6. The SMILES string of the molecule is CCC[Si](CCC)(CCC)O[Si]1(O[Si](CC)(CC)O[Si]2(O[Si](CCC)(CCC)CCC)n3c4c5ccccc5c3/N=C3N=C(/N=c5/c6ccccc6/c(n52)=N/C2=NC(=N\4)/c4ccccc42)c2ccccc2\3)n2c3c4ccccc4c2/N=C2N=C(/N=c4/c5ccccc5/c(n41)=N/C1=NC(=N\3)/c3ccccc31)c1ccccc1\2. The molecule has 2 atom stereocenters. The van der Waals surface area contributed by atoms with Crippen molar-refractivity contribution >= 4 is 156 Å². The Balaban J connectivity index is 1.02. The maximum atomic E-state index is 9.74. The Bertz CT molecular complexity index is 5800. The molecule has 0 fully saturated rings. The summed E-state index contributed by atoms with van der Waals surface area (Å²) in [5.41, 5.74) is 9.11. The van der Waals surface area contributed by atoms with E-state index in [9.17, 15) is 16.5 Å². The first kappa shape index (κ1) is 69.6. The number of hydrogen-bond donors (Lipinski definition) is 0. The highest BCUT2D eigenvalue weighted by atomic mass is 28.5. The summed E-state index contributed by atoms with van der Waals surface area (Å²) in [7, 11) is -21.3. The predicted octanol–water partition coefficient (Wildman–Crippen LogP) is 17.7. The second-order valence-electron chi connectivity index (χ2n) is 30.2. The van der Waals surface area contributed by atoms with Crippen LogP contribution in [-0.2, 0) is 16.5 Å². The van der Waals surface area contributed by atoms with E-state index in [1.54, 1.807) is 0 Å². The minimum Gasteiger partial charge on any atom is -0.404 e. The van der Waals surface area contributed by atoms with Crippen LogP contribution in [0.4, 0.5) is 23.3 Å². The van der Waals surface area contributed by atoms with Gasteiger partial charge in [0, 0.05) is 87.6 Å². The van der Waals surface area contributed by atoms with Gasteiger partial charge in [0.25, 0.3) is 0 Å². The molecule has 8 aromatic carbocycles. The summed E-state index contributed by atoms with van der Waals surface area (Å²) in [5, 5.41) is 6.66. The molecule has 12 aromatic rings. The largest absolute Gasteiger partial charge is 0.583 e. The third-order valence-corrected chi connectivity index (χ3v) is 48.6. The molecule has 0 aliphatic carbocycles. The van der Waals surface area contributed by atoms with E-state index in [1.165, 1.54) is 0 Å².